The highest BCUT2D eigenvalue weighted by molar-refractivity contribution is 5.93. The summed E-state index contributed by atoms with van der Waals surface area (Å²) >= 11 is 0. The van der Waals surface area contributed by atoms with Crippen LogP contribution in [0.15, 0.2) is 6.07 Å². The van der Waals surface area contributed by atoms with Crippen LogP contribution in [0.25, 0.3) is 0 Å². The molecule has 1 saturated heterocycles. The lowest BCUT2D eigenvalue weighted by molar-refractivity contribution is -0.143. The molecule has 18 heavy (non-hydrogen) atoms. The third kappa shape index (κ3) is 2.37. The molecule has 0 saturated carbocycles. The van der Waals surface area contributed by atoms with E-state index >= 15 is 0 Å². The molecule has 1 aromatic rings. The van der Waals surface area contributed by atoms with Crippen LogP contribution in [-0.2, 0) is 11.8 Å². The predicted molar refractivity (Wildman–Crippen MR) is 64.2 cm³/mol. The Labute approximate surface area is 105 Å². The van der Waals surface area contributed by atoms with Gasteiger partial charge in [-0.1, -0.05) is 0 Å². The van der Waals surface area contributed by atoms with E-state index in [-0.39, 0.29) is 5.91 Å². The molecule has 2 heterocycles. The number of likely N-dealkylation sites (tertiary alicyclic amines) is 1. The van der Waals surface area contributed by atoms with Crippen molar-refractivity contribution in [3.63, 3.8) is 0 Å². The summed E-state index contributed by atoms with van der Waals surface area (Å²) in [6, 6.07) is 1.73. The standard InChI is InChI=1S/C12H17N3O3/c1-8-6-10(14(2)13-8)11(16)15-5-3-4-9(7-15)12(17)18/h6,9H,3-5,7H2,1-2H3,(H,17,18)/t9-/m1/s1. The molecule has 1 atom stereocenters. The molecule has 1 N–H and O–H groups in total. The third-order valence-electron chi connectivity index (χ3n) is 3.28. The first-order valence-electron chi connectivity index (χ1n) is 6.01. The monoisotopic (exact) mass is 251 g/mol. The van der Waals surface area contributed by atoms with Crippen LogP contribution in [0.5, 0.6) is 0 Å². The Morgan fingerprint density at radius 2 is 2.22 bits per heavy atom. The fraction of sp³-hybridized carbons (Fsp3) is 0.583. The summed E-state index contributed by atoms with van der Waals surface area (Å²) in [5.74, 6) is -1.41. The molecule has 0 unspecified atom stereocenters. The minimum absolute atomic E-state index is 0.135. The predicted octanol–water partition coefficient (Wildman–Crippen LogP) is 0.665. The van der Waals surface area contributed by atoms with Crippen LogP contribution in [0.2, 0.25) is 0 Å². The minimum atomic E-state index is -0.825. The highest BCUT2D eigenvalue weighted by atomic mass is 16.4. The second-order valence-electron chi connectivity index (χ2n) is 4.72. The van der Waals surface area contributed by atoms with E-state index in [1.807, 2.05) is 6.92 Å². The van der Waals surface area contributed by atoms with Crippen LogP contribution in [-0.4, -0.2) is 44.8 Å². The van der Waals surface area contributed by atoms with Gasteiger partial charge in [0.2, 0.25) is 0 Å². The fourth-order valence-electron chi connectivity index (χ4n) is 2.34. The quantitative estimate of drug-likeness (QED) is 0.838. The topological polar surface area (TPSA) is 75.4 Å². The van der Waals surface area contributed by atoms with Crippen molar-refractivity contribution >= 4 is 11.9 Å². The second-order valence-corrected chi connectivity index (χ2v) is 4.72. The Balaban J connectivity index is 2.14. The van der Waals surface area contributed by atoms with Crippen LogP contribution in [0.4, 0.5) is 0 Å². The van der Waals surface area contributed by atoms with Crippen molar-refractivity contribution in [2.75, 3.05) is 13.1 Å². The normalized spacial score (nSPS) is 19.9. The van der Waals surface area contributed by atoms with Crippen LogP contribution in [0, 0.1) is 12.8 Å². The third-order valence-corrected chi connectivity index (χ3v) is 3.28. The van der Waals surface area contributed by atoms with Gasteiger partial charge in [-0.05, 0) is 25.8 Å². The maximum atomic E-state index is 12.3. The Bertz CT molecular complexity index is 481. The molecule has 1 aliphatic heterocycles. The van der Waals surface area contributed by atoms with Crippen molar-refractivity contribution in [1.82, 2.24) is 14.7 Å². The summed E-state index contributed by atoms with van der Waals surface area (Å²) in [5, 5.41) is 13.1. The van der Waals surface area contributed by atoms with Crippen molar-refractivity contribution < 1.29 is 14.7 Å². The zero-order chi connectivity index (χ0) is 13.3. The molecule has 6 heteroatoms. The number of carbonyl (C=O) groups is 2. The molecule has 98 valence electrons. The zero-order valence-corrected chi connectivity index (χ0v) is 10.6. The van der Waals surface area contributed by atoms with E-state index in [4.69, 9.17) is 5.11 Å². The van der Waals surface area contributed by atoms with Gasteiger partial charge in [0.25, 0.3) is 5.91 Å². The smallest absolute Gasteiger partial charge is 0.308 e. The molecule has 0 bridgehead atoms. The summed E-state index contributed by atoms with van der Waals surface area (Å²) < 4.78 is 1.54. The molecule has 6 nitrogen and oxygen atoms in total. The zero-order valence-electron chi connectivity index (χ0n) is 10.6. The van der Waals surface area contributed by atoms with Crippen LogP contribution >= 0.6 is 0 Å². The highest BCUT2D eigenvalue weighted by Crippen LogP contribution is 2.19. The van der Waals surface area contributed by atoms with Crippen LogP contribution < -0.4 is 0 Å². The van der Waals surface area contributed by atoms with Gasteiger partial charge >= 0.3 is 5.97 Å². The molecule has 0 aromatic carbocycles. The summed E-state index contributed by atoms with van der Waals surface area (Å²) in [6.07, 6.45) is 1.38. The van der Waals surface area contributed by atoms with Gasteiger partial charge in [0.05, 0.1) is 11.6 Å². The molecule has 0 aliphatic carbocycles. The summed E-state index contributed by atoms with van der Waals surface area (Å²) in [5.41, 5.74) is 1.30. The molecule has 2 rings (SSSR count). The molecule has 0 spiro atoms. The number of carbonyl (C=O) groups excluding carboxylic acids is 1. The number of rotatable bonds is 2. The number of aryl methyl sites for hydroxylation is 2. The number of hydrogen-bond acceptors (Lipinski definition) is 3. The van der Waals surface area contributed by atoms with E-state index in [0.717, 1.165) is 12.1 Å². The average molecular weight is 251 g/mol. The molecular formula is C12H17N3O3. The molecule has 1 aromatic heterocycles. The van der Waals surface area contributed by atoms with Crippen LogP contribution in [0.3, 0.4) is 0 Å². The van der Waals surface area contributed by atoms with E-state index in [1.165, 1.54) is 0 Å². The molecule has 1 aliphatic rings. The van der Waals surface area contributed by atoms with Crippen LogP contribution in [0.1, 0.15) is 29.0 Å². The minimum Gasteiger partial charge on any atom is -0.481 e. The lowest BCUT2D eigenvalue weighted by Gasteiger charge is -2.30. The first-order valence-corrected chi connectivity index (χ1v) is 6.01. The number of nitrogens with zero attached hydrogens (tertiary/aromatic N) is 3. The van der Waals surface area contributed by atoms with Crippen molar-refractivity contribution in [3.05, 3.63) is 17.5 Å². The number of aromatic nitrogens is 2. The summed E-state index contributed by atoms with van der Waals surface area (Å²) in [7, 11) is 1.72. The van der Waals surface area contributed by atoms with E-state index in [1.54, 1.807) is 22.7 Å². The fourth-order valence-corrected chi connectivity index (χ4v) is 2.34. The Kier molecular flexibility index (Phi) is 3.36. The van der Waals surface area contributed by atoms with Crippen molar-refractivity contribution in [1.29, 1.82) is 0 Å². The lowest BCUT2D eigenvalue weighted by Crippen LogP contribution is -2.42. The van der Waals surface area contributed by atoms with Crippen molar-refractivity contribution in [3.8, 4) is 0 Å². The number of piperidine rings is 1. The maximum Gasteiger partial charge on any atom is 0.308 e. The van der Waals surface area contributed by atoms with Gasteiger partial charge in [-0.25, -0.2) is 0 Å². The van der Waals surface area contributed by atoms with E-state index in [0.29, 0.717) is 25.2 Å². The van der Waals surface area contributed by atoms with E-state index in [9.17, 15) is 9.59 Å². The van der Waals surface area contributed by atoms with Gasteiger partial charge in [0, 0.05) is 20.1 Å². The Morgan fingerprint density at radius 1 is 1.50 bits per heavy atom. The van der Waals surface area contributed by atoms with Crippen molar-refractivity contribution in [2.45, 2.75) is 19.8 Å². The van der Waals surface area contributed by atoms with E-state index < -0.39 is 11.9 Å². The number of hydrogen-bond donors (Lipinski definition) is 1. The van der Waals surface area contributed by atoms with Gasteiger partial charge in [0.1, 0.15) is 5.69 Å². The highest BCUT2D eigenvalue weighted by Gasteiger charge is 2.29. The van der Waals surface area contributed by atoms with Gasteiger partial charge < -0.3 is 10.0 Å². The number of carboxylic acid groups (broad SMARTS) is 1. The number of carboxylic acids is 1. The molecule has 0 radical (unpaired) electrons. The molecule has 1 fully saturated rings. The largest absolute Gasteiger partial charge is 0.481 e. The van der Waals surface area contributed by atoms with Gasteiger partial charge in [0.15, 0.2) is 0 Å². The van der Waals surface area contributed by atoms with Gasteiger partial charge in [-0.3, -0.25) is 14.3 Å². The first kappa shape index (κ1) is 12.6. The summed E-state index contributed by atoms with van der Waals surface area (Å²) in [6.45, 7) is 2.73. The lowest BCUT2D eigenvalue weighted by atomic mass is 9.98. The Morgan fingerprint density at radius 3 is 2.78 bits per heavy atom. The SMILES string of the molecule is Cc1cc(C(=O)N2CCC[C@@H](C(=O)O)C2)n(C)n1. The maximum absolute atomic E-state index is 12.3. The van der Waals surface area contributed by atoms with E-state index in [2.05, 4.69) is 5.10 Å². The van der Waals surface area contributed by atoms with Gasteiger partial charge in [-0.2, -0.15) is 5.10 Å². The number of aliphatic carboxylic acids is 1. The van der Waals surface area contributed by atoms with Crippen molar-refractivity contribution in [2.24, 2.45) is 13.0 Å². The van der Waals surface area contributed by atoms with Gasteiger partial charge in [-0.15, -0.1) is 0 Å². The molecule has 1 amide bonds. The Hall–Kier alpha value is -1.85. The average Bonchev–Trinajstić information content (AvgIpc) is 2.67. The molecular weight excluding hydrogens is 234 g/mol. The number of amides is 1. The second kappa shape index (κ2) is 4.80. The summed E-state index contributed by atoms with van der Waals surface area (Å²) in [4.78, 5) is 24.9. The first-order chi connectivity index (χ1) is 8.49.